The molecule has 0 radical (unpaired) electrons. The second-order valence-corrected chi connectivity index (χ2v) is 3.99. The number of H-pyrrole nitrogens is 1. The predicted molar refractivity (Wildman–Crippen MR) is 62.3 cm³/mol. The predicted octanol–water partition coefficient (Wildman–Crippen LogP) is 1.97. The molecule has 16 heavy (non-hydrogen) atoms. The van der Waals surface area contributed by atoms with Crippen LogP contribution in [-0.4, -0.2) is 15.9 Å². The zero-order valence-electron chi connectivity index (χ0n) is 8.93. The second kappa shape index (κ2) is 3.94. The smallest absolute Gasteiger partial charge is 0.294 e. The molecule has 1 atom stereocenters. The standard InChI is InChI=1S/C11H13N3O2/c1-7(12)4-8-2-3-10-9(5-8)11(6-13-10)14(15)16/h2-3,5-7,13H,4,12H2,1H3. The van der Waals surface area contributed by atoms with E-state index >= 15 is 0 Å². The lowest BCUT2D eigenvalue weighted by molar-refractivity contribution is -0.383. The van der Waals surface area contributed by atoms with Crippen LogP contribution in [0.3, 0.4) is 0 Å². The molecule has 5 heteroatoms. The molecule has 2 aromatic rings. The number of aromatic amines is 1. The van der Waals surface area contributed by atoms with E-state index in [2.05, 4.69) is 4.98 Å². The van der Waals surface area contributed by atoms with E-state index in [1.54, 1.807) is 0 Å². The molecule has 0 spiro atoms. The lowest BCUT2D eigenvalue weighted by Crippen LogP contribution is -2.17. The molecule has 0 aliphatic carbocycles. The Morgan fingerprint density at radius 3 is 2.94 bits per heavy atom. The number of hydrogen-bond acceptors (Lipinski definition) is 3. The first-order chi connectivity index (χ1) is 7.58. The van der Waals surface area contributed by atoms with Gasteiger partial charge in [0.1, 0.15) is 0 Å². The monoisotopic (exact) mass is 219 g/mol. The molecule has 1 unspecified atom stereocenters. The lowest BCUT2D eigenvalue weighted by atomic mass is 10.1. The van der Waals surface area contributed by atoms with E-state index in [1.807, 2.05) is 25.1 Å². The van der Waals surface area contributed by atoms with E-state index in [-0.39, 0.29) is 16.7 Å². The molecule has 0 aliphatic rings. The summed E-state index contributed by atoms with van der Waals surface area (Å²) < 4.78 is 0. The van der Waals surface area contributed by atoms with Gasteiger partial charge in [0.25, 0.3) is 5.69 Å². The molecule has 0 amide bonds. The largest absolute Gasteiger partial charge is 0.355 e. The summed E-state index contributed by atoms with van der Waals surface area (Å²) in [5, 5.41) is 11.4. The number of aromatic nitrogens is 1. The van der Waals surface area contributed by atoms with E-state index in [4.69, 9.17) is 5.73 Å². The molecule has 0 fully saturated rings. The van der Waals surface area contributed by atoms with Gasteiger partial charge in [-0.3, -0.25) is 10.1 Å². The van der Waals surface area contributed by atoms with Crippen molar-refractivity contribution < 1.29 is 4.92 Å². The van der Waals surface area contributed by atoms with Crippen molar-refractivity contribution in [2.45, 2.75) is 19.4 Å². The van der Waals surface area contributed by atoms with Crippen LogP contribution in [0.4, 0.5) is 5.69 Å². The van der Waals surface area contributed by atoms with Crippen LogP contribution in [0.2, 0.25) is 0 Å². The molecule has 0 saturated carbocycles. The summed E-state index contributed by atoms with van der Waals surface area (Å²) in [5.74, 6) is 0. The Kier molecular flexibility index (Phi) is 2.62. The Morgan fingerprint density at radius 2 is 2.31 bits per heavy atom. The van der Waals surface area contributed by atoms with Gasteiger partial charge in [-0.2, -0.15) is 0 Å². The van der Waals surface area contributed by atoms with Gasteiger partial charge in [0.15, 0.2) is 0 Å². The van der Waals surface area contributed by atoms with Gasteiger partial charge in [-0.25, -0.2) is 0 Å². The first kappa shape index (κ1) is 10.6. The van der Waals surface area contributed by atoms with Crippen LogP contribution in [0.25, 0.3) is 10.9 Å². The molecule has 5 nitrogen and oxygen atoms in total. The van der Waals surface area contributed by atoms with Crippen LogP contribution >= 0.6 is 0 Å². The van der Waals surface area contributed by atoms with Gasteiger partial charge in [-0.1, -0.05) is 6.07 Å². The minimum absolute atomic E-state index is 0.0513. The highest BCUT2D eigenvalue weighted by molar-refractivity contribution is 5.89. The number of rotatable bonds is 3. The van der Waals surface area contributed by atoms with Gasteiger partial charge in [0.05, 0.1) is 22.0 Å². The number of nitro groups is 1. The topological polar surface area (TPSA) is 85.0 Å². The average Bonchev–Trinajstić information content (AvgIpc) is 2.59. The van der Waals surface area contributed by atoms with Gasteiger partial charge in [-0.15, -0.1) is 0 Å². The molecule has 0 aliphatic heterocycles. The average molecular weight is 219 g/mol. The van der Waals surface area contributed by atoms with Gasteiger partial charge >= 0.3 is 0 Å². The Morgan fingerprint density at radius 1 is 1.56 bits per heavy atom. The highest BCUT2D eigenvalue weighted by Crippen LogP contribution is 2.26. The highest BCUT2D eigenvalue weighted by atomic mass is 16.6. The van der Waals surface area contributed by atoms with Crippen LogP contribution in [0, 0.1) is 10.1 Å². The van der Waals surface area contributed by atoms with Crippen LogP contribution in [-0.2, 0) is 6.42 Å². The van der Waals surface area contributed by atoms with Crippen LogP contribution in [0.1, 0.15) is 12.5 Å². The lowest BCUT2D eigenvalue weighted by Gasteiger charge is -2.04. The molecule has 0 saturated heterocycles. The third-order valence-corrected chi connectivity index (χ3v) is 2.48. The number of benzene rings is 1. The van der Waals surface area contributed by atoms with Crippen molar-refractivity contribution >= 4 is 16.6 Å². The quantitative estimate of drug-likeness (QED) is 0.611. The molecule has 1 heterocycles. The Labute approximate surface area is 92.4 Å². The fourth-order valence-corrected chi connectivity index (χ4v) is 1.80. The van der Waals surface area contributed by atoms with E-state index in [1.165, 1.54) is 6.20 Å². The van der Waals surface area contributed by atoms with Crippen LogP contribution in [0.15, 0.2) is 24.4 Å². The van der Waals surface area contributed by atoms with Crippen molar-refractivity contribution in [3.8, 4) is 0 Å². The molecule has 0 bridgehead atoms. The fourth-order valence-electron chi connectivity index (χ4n) is 1.80. The molecule has 1 aromatic heterocycles. The first-order valence-electron chi connectivity index (χ1n) is 5.08. The summed E-state index contributed by atoms with van der Waals surface area (Å²) in [4.78, 5) is 13.3. The molecular weight excluding hydrogens is 206 g/mol. The number of nitrogens with two attached hydrogens (primary N) is 1. The van der Waals surface area contributed by atoms with Crippen molar-refractivity contribution in [2.24, 2.45) is 5.73 Å². The van der Waals surface area contributed by atoms with Gasteiger partial charge in [0.2, 0.25) is 0 Å². The second-order valence-electron chi connectivity index (χ2n) is 3.99. The van der Waals surface area contributed by atoms with E-state index in [0.29, 0.717) is 5.39 Å². The maximum atomic E-state index is 10.8. The summed E-state index contributed by atoms with van der Waals surface area (Å²) in [6.45, 7) is 1.91. The van der Waals surface area contributed by atoms with Crippen molar-refractivity contribution in [3.05, 3.63) is 40.1 Å². The highest BCUT2D eigenvalue weighted by Gasteiger charge is 2.14. The SMILES string of the molecule is CC(N)Cc1ccc2[nH]cc([N+](=O)[O-])c2c1. The zero-order valence-corrected chi connectivity index (χ0v) is 8.93. The number of fused-ring (bicyclic) bond motifs is 1. The van der Waals surface area contributed by atoms with E-state index < -0.39 is 0 Å². The maximum Gasteiger partial charge on any atom is 0.294 e. The number of nitrogens with zero attached hydrogens (tertiary/aromatic N) is 1. The summed E-state index contributed by atoms with van der Waals surface area (Å²) in [7, 11) is 0. The molecule has 2 rings (SSSR count). The maximum absolute atomic E-state index is 10.8. The Hall–Kier alpha value is -1.88. The minimum Gasteiger partial charge on any atom is -0.355 e. The first-order valence-corrected chi connectivity index (χ1v) is 5.08. The van der Waals surface area contributed by atoms with Crippen LogP contribution < -0.4 is 5.73 Å². The molecule has 3 N–H and O–H groups in total. The van der Waals surface area contributed by atoms with Crippen LogP contribution in [0.5, 0.6) is 0 Å². The molecule has 1 aromatic carbocycles. The Balaban J connectivity index is 2.50. The van der Waals surface area contributed by atoms with Crippen molar-refractivity contribution in [1.29, 1.82) is 0 Å². The van der Waals surface area contributed by atoms with Crippen molar-refractivity contribution in [3.63, 3.8) is 0 Å². The van der Waals surface area contributed by atoms with E-state index in [9.17, 15) is 10.1 Å². The summed E-state index contributed by atoms with van der Waals surface area (Å²) >= 11 is 0. The van der Waals surface area contributed by atoms with E-state index in [0.717, 1.165) is 17.5 Å². The summed E-state index contributed by atoms with van der Waals surface area (Å²) in [6.07, 6.45) is 2.14. The third-order valence-electron chi connectivity index (χ3n) is 2.48. The van der Waals surface area contributed by atoms with Gasteiger partial charge in [0, 0.05) is 6.04 Å². The summed E-state index contributed by atoms with van der Waals surface area (Å²) in [6, 6.07) is 5.66. The zero-order chi connectivity index (χ0) is 11.7. The number of nitrogens with one attached hydrogen (secondary N) is 1. The summed E-state index contributed by atoms with van der Waals surface area (Å²) in [5.41, 5.74) is 7.61. The third kappa shape index (κ3) is 1.90. The fraction of sp³-hybridized carbons (Fsp3) is 0.273. The number of hydrogen-bond donors (Lipinski definition) is 2. The van der Waals surface area contributed by atoms with Gasteiger partial charge < -0.3 is 10.7 Å². The molecular formula is C11H13N3O2. The van der Waals surface area contributed by atoms with Gasteiger partial charge in [-0.05, 0) is 31.0 Å². The normalized spacial score (nSPS) is 12.9. The molecule has 84 valence electrons. The Bertz CT molecular complexity index is 531. The van der Waals surface area contributed by atoms with Crippen molar-refractivity contribution in [1.82, 2.24) is 4.98 Å². The minimum atomic E-state index is -0.380. The van der Waals surface area contributed by atoms with Crippen molar-refractivity contribution in [2.75, 3.05) is 0 Å².